The first-order valence-corrected chi connectivity index (χ1v) is 10.9. The van der Waals surface area contributed by atoms with Crippen LogP contribution in [0.5, 0.6) is 0 Å². The second-order valence-electron chi connectivity index (χ2n) is 6.47. The van der Waals surface area contributed by atoms with E-state index < -0.39 is 10.0 Å². The standard InChI is InChI=1S/C18H26N4O3S2/c1-6-17-19-11-15(26-17)12-22(5)13(2)18(23)20-14-8-7-9-16(10-14)27(24,25)21(3)4/h7-11,13H,6,12H2,1-5H3,(H,20,23). The number of nitrogens with zero attached hydrogens (tertiary/aromatic N) is 3. The van der Waals surface area contributed by atoms with E-state index in [2.05, 4.69) is 17.2 Å². The number of likely N-dealkylation sites (N-methyl/N-ethyl adjacent to an activating group) is 1. The summed E-state index contributed by atoms with van der Waals surface area (Å²) in [6.45, 7) is 4.51. The van der Waals surface area contributed by atoms with Crippen molar-refractivity contribution in [3.05, 3.63) is 40.3 Å². The van der Waals surface area contributed by atoms with Crippen molar-refractivity contribution in [1.82, 2.24) is 14.2 Å². The molecular formula is C18H26N4O3S2. The fraction of sp³-hybridized carbons (Fsp3) is 0.444. The van der Waals surface area contributed by atoms with Gasteiger partial charge in [0.25, 0.3) is 0 Å². The lowest BCUT2D eigenvalue weighted by atomic mass is 10.2. The molecule has 1 N–H and O–H groups in total. The Morgan fingerprint density at radius 2 is 2.00 bits per heavy atom. The predicted octanol–water partition coefficient (Wildman–Crippen LogP) is 2.41. The first kappa shape index (κ1) is 21.5. The molecule has 0 aliphatic rings. The van der Waals surface area contributed by atoms with Gasteiger partial charge in [0.05, 0.1) is 15.9 Å². The van der Waals surface area contributed by atoms with E-state index in [9.17, 15) is 13.2 Å². The van der Waals surface area contributed by atoms with Gasteiger partial charge in [-0.2, -0.15) is 0 Å². The Labute approximate surface area is 165 Å². The summed E-state index contributed by atoms with van der Waals surface area (Å²) in [6.07, 6.45) is 2.75. The monoisotopic (exact) mass is 410 g/mol. The van der Waals surface area contributed by atoms with Gasteiger partial charge in [0.15, 0.2) is 0 Å². The average Bonchev–Trinajstić information content (AvgIpc) is 3.08. The topological polar surface area (TPSA) is 82.6 Å². The van der Waals surface area contributed by atoms with Crippen molar-refractivity contribution in [2.45, 2.75) is 37.8 Å². The van der Waals surface area contributed by atoms with Gasteiger partial charge in [-0.25, -0.2) is 17.7 Å². The minimum atomic E-state index is -3.55. The maximum absolute atomic E-state index is 12.6. The SMILES string of the molecule is CCc1ncc(CN(C)C(C)C(=O)Nc2cccc(S(=O)(=O)N(C)C)c2)s1. The van der Waals surface area contributed by atoms with E-state index in [0.717, 1.165) is 20.6 Å². The highest BCUT2D eigenvalue weighted by atomic mass is 32.2. The fourth-order valence-corrected chi connectivity index (χ4v) is 4.23. The molecular weight excluding hydrogens is 384 g/mol. The first-order chi connectivity index (χ1) is 12.6. The van der Waals surface area contributed by atoms with Crippen LogP contribution in [-0.4, -0.2) is 55.7 Å². The highest BCUT2D eigenvalue weighted by molar-refractivity contribution is 7.89. The summed E-state index contributed by atoms with van der Waals surface area (Å²) in [5.74, 6) is -0.197. The van der Waals surface area contributed by atoms with Crippen LogP contribution in [0.3, 0.4) is 0 Å². The summed E-state index contributed by atoms with van der Waals surface area (Å²) in [5, 5.41) is 3.88. The van der Waals surface area contributed by atoms with Gasteiger partial charge in [-0.1, -0.05) is 13.0 Å². The number of thiazole rings is 1. The van der Waals surface area contributed by atoms with Gasteiger partial charge in [-0.15, -0.1) is 11.3 Å². The number of benzene rings is 1. The van der Waals surface area contributed by atoms with Crippen LogP contribution in [0, 0.1) is 0 Å². The number of amides is 1. The lowest BCUT2D eigenvalue weighted by Crippen LogP contribution is -2.39. The number of rotatable bonds is 8. The molecule has 148 valence electrons. The van der Waals surface area contributed by atoms with Crippen molar-refractivity contribution in [1.29, 1.82) is 0 Å². The maximum atomic E-state index is 12.6. The Balaban J connectivity index is 2.05. The fourth-order valence-electron chi connectivity index (χ4n) is 2.36. The first-order valence-electron chi connectivity index (χ1n) is 8.62. The minimum Gasteiger partial charge on any atom is -0.325 e. The van der Waals surface area contributed by atoms with Gasteiger partial charge in [0, 0.05) is 37.4 Å². The third kappa shape index (κ3) is 5.35. The third-order valence-corrected chi connectivity index (χ3v) is 7.17. The van der Waals surface area contributed by atoms with E-state index in [1.165, 1.54) is 26.2 Å². The van der Waals surface area contributed by atoms with Crippen LogP contribution in [0.2, 0.25) is 0 Å². The number of carbonyl (C=O) groups excluding carboxylic acids is 1. The van der Waals surface area contributed by atoms with Crippen LogP contribution in [-0.2, 0) is 27.8 Å². The van der Waals surface area contributed by atoms with Gasteiger partial charge in [-0.3, -0.25) is 9.69 Å². The van der Waals surface area contributed by atoms with E-state index in [-0.39, 0.29) is 16.8 Å². The van der Waals surface area contributed by atoms with Gasteiger partial charge < -0.3 is 5.32 Å². The average molecular weight is 411 g/mol. The van der Waals surface area contributed by atoms with Crippen LogP contribution in [0.15, 0.2) is 35.4 Å². The van der Waals surface area contributed by atoms with Gasteiger partial charge >= 0.3 is 0 Å². The molecule has 0 aliphatic carbocycles. The van der Waals surface area contributed by atoms with E-state index in [1.807, 2.05) is 25.1 Å². The Kier molecular flexibility index (Phi) is 7.10. The third-order valence-electron chi connectivity index (χ3n) is 4.23. The number of anilines is 1. The Hall–Kier alpha value is -1.81. The molecule has 7 nitrogen and oxygen atoms in total. The highest BCUT2D eigenvalue weighted by Gasteiger charge is 2.21. The summed E-state index contributed by atoms with van der Waals surface area (Å²) in [6, 6.07) is 5.89. The quantitative estimate of drug-likeness (QED) is 0.723. The second kappa shape index (κ2) is 8.92. The zero-order chi connectivity index (χ0) is 20.2. The van der Waals surface area contributed by atoms with Crippen LogP contribution in [0.1, 0.15) is 23.7 Å². The molecule has 1 amide bonds. The molecule has 0 spiro atoms. The molecule has 27 heavy (non-hydrogen) atoms. The minimum absolute atomic E-state index is 0.142. The van der Waals surface area contributed by atoms with Crippen LogP contribution in [0.25, 0.3) is 0 Å². The molecule has 0 saturated carbocycles. The molecule has 1 unspecified atom stereocenters. The number of carbonyl (C=O) groups is 1. The molecule has 1 aromatic heterocycles. The van der Waals surface area contributed by atoms with Gasteiger partial charge in [-0.05, 0) is 38.6 Å². The van der Waals surface area contributed by atoms with Crippen molar-refractivity contribution in [2.24, 2.45) is 0 Å². The zero-order valence-electron chi connectivity index (χ0n) is 16.3. The largest absolute Gasteiger partial charge is 0.325 e. The van der Waals surface area contributed by atoms with Crippen molar-refractivity contribution in [3.63, 3.8) is 0 Å². The Bertz CT molecular complexity index is 894. The Morgan fingerprint density at radius 3 is 2.59 bits per heavy atom. The van der Waals surface area contributed by atoms with Crippen LogP contribution in [0.4, 0.5) is 5.69 Å². The van der Waals surface area contributed by atoms with E-state index in [4.69, 9.17) is 0 Å². The summed E-state index contributed by atoms with van der Waals surface area (Å²) in [5.41, 5.74) is 0.453. The predicted molar refractivity (Wildman–Crippen MR) is 108 cm³/mol. The number of nitrogens with one attached hydrogen (secondary N) is 1. The van der Waals surface area contributed by atoms with Crippen molar-refractivity contribution in [3.8, 4) is 0 Å². The number of hydrogen-bond donors (Lipinski definition) is 1. The lowest BCUT2D eigenvalue weighted by Gasteiger charge is -2.23. The summed E-state index contributed by atoms with van der Waals surface area (Å²) in [4.78, 5) is 20.1. The van der Waals surface area contributed by atoms with E-state index in [0.29, 0.717) is 12.2 Å². The summed E-state index contributed by atoms with van der Waals surface area (Å²) >= 11 is 1.65. The number of sulfonamides is 1. The second-order valence-corrected chi connectivity index (χ2v) is 9.82. The van der Waals surface area contributed by atoms with Gasteiger partial charge in [0.2, 0.25) is 15.9 Å². The molecule has 0 saturated heterocycles. The Morgan fingerprint density at radius 1 is 1.30 bits per heavy atom. The molecule has 2 aromatic rings. The highest BCUT2D eigenvalue weighted by Crippen LogP contribution is 2.19. The molecule has 0 bridgehead atoms. The normalized spacial score (nSPS) is 13.1. The van der Waals surface area contributed by atoms with E-state index >= 15 is 0 Å². The van der Waals surface area contributed by atoms with Crippen molar-refractivity contribution < 1.29 is 13.2 Å². The summed E-state index contributed by atoms with van der Waals surface area (Å²) in [7, 11) is 1.28. The molecule has 9 heteroatoms. The molecule has 2 rings (SSSR count). The number of hydrogen-bond acceptors (Lipinski definition) is 6. The molecule has 1 heterocycles. The van der Waals surface area contributed by atoms with Crippen molar-refractivity contribution in [2.75, 3.05) is 26.5 Å². The summed E-state index contributed by atoms with van der Waals surface area (Å²) < 4.78 is 25.6. The van der Waals surface area contributed by atoms with Crippen LogP contribution >= 0.6 is 11.3 Å². The maximum Gasteiger partial charge on any atom is 0.242 e. The molecule has 1 aromatic carbocycles. The van der Waals surface area contributed by atoms with E-state index in [1.54, 1.807) is 23.5 Å². The molecule has 1 atom stereocenters. The van der Waals surface area contributed by atoms with Crippen molar-refractivity contribution >= 4 is 33.0 Å². The number of aromatic nitrogens is 1. The smallest absolute Gasteiger partial charge is 0.242 e. The van der Waals surface area contributed by atoms with Crippen LogP contribution < -0.4 is 5.32 Å². The lowest BCUT2D eigenvalue weighted by molar-refractivity contribution is -0.120. The molecule has 0 fully saturated rings. The molecule has 0 aliphatic heterocycles. The molecule has 0 radical (unpaired) electrons. The van der Waals surface area contributed by atoms with Gasteiger partial charge in [0.1, 0.15) is 0 Å². The number of aryl methyl sites for hydroxylation is 1. The zero-order valence-corrected chi connectivity index (χ0v) is 17.9.